The van der Waals surface area contributed by atoms with E-state index >= 15 is 0 Å². The molecule has 5 heteroatoms. The van der Waals surface area contributed by atoms with Crippen molar-refractivity contribution >= 4 is 28.6 Å². The van der Waals surface area contributed by atoms with Crippen LogP contribution in [0.3, 0.4) is 0 Å². The van der Waals surface area contributed by atoms with E-state index in [0.717, 1.165) is 47.4 Å². The number of piperidine rings is 1. The second-order valence-corrected chi connectivity index (χ2v) is 7.89. The first-order chi connectivity index (χ1) is 12.1. The van der Waals surface area contributed by atoms with E-state index in [0.29, 0.717) is 17.8 Å². The Kier molecular flexibility index (Phi) is 5.94. The van der Waals surface area contributed by atoms with Gasteiger partial charge in [0.05, 0.1) is 11.3 Å². The Morgan fingerprint density at radius 3 is 2.64 bits per heavy atom. The number of aromatic nitrogens is 2. The number of hydrogen-bond donors (Lipinski definition) is 0. The average Bonchev–Trinajstić information content (AvgIpc) is 2.60. The van der Waals surface area contributed by atoms with Crippen molar-refractivity contribution in [3.05, 3.63) is 30.1 Å². The number of carbonyl (C=O) groups is 1. The summed E-state index contributed by atoms with van der Waals surface area (Å²) in [5.41, 5.74) is 0.968. The Balaban J connectivity index is 1.79. The van der Waals surface area contributed by atoms with Crippen LogP contribution in [0.4, 0.5) is 0 Å². The number of thioether (sulfide) groups is 1. The SMILES string of the molecule is CCCc1nc(SCC(=O)N2[C@H](C)CCC[C@@H]2C)c2ccccc2n1. The fraction of sp³-hybridized carbons (Fsp3) is 0.550. The summed E-state index contributed by atoms with van der Waals surface area (Å²) in [5.74, 6) is 1.54. The van der Waals surface area contributed by atoms with Gasteiger partial charge in [-0.25, -0.2) is 9.97 Å². The van der Waals surface area contributed by atoms with Gasteiger partial charge in [-0.3, -0.25) is 4.79 Å². The highest BCUT2D eigenvalue weighted by molar-refractivity contribution is 8.00. The van der Waals surface area contributed by atoms with Crippen LogP contribution < -0.4 is 0 Å². The summed E-state index contributed by atoms with van der Waals surface area (Å²) < 4.78 is 0. The van der Waals surface area contributed by atoms with Gasteiger partial charge in [0, 0.05) is 23.9 Å². The summed E-state index contributed by atoms with van der Waals surface area (Å²) in [4.78, 5) is 24.3. The maximum absolute atomic E-state index is 12.8. The van der Waals surface area contributed by atoms with Crippen molar-refractivity contribution in [3.8, 4) is 0 Å². The van der Waals surface area contributed by atoms with Gasteiger partial charge in [0.15, 0.2) is 0 Å². The molecule has 1 aliphatic rings. The van der Waals surface area contributed by atoms with Gasteiger partial charge in [0.1, 0.15) is 10.9 Å². The molecule has 1 aromatic heterocycles. The van der Waals surface area contributed by atoms with Crippen molar-refractivity contribution in [1.82, 2.24) is 14.9 Å². The molecule has 1 fully saturated rings. The minimum atomic E-state index is 0.226. The second-order valence-electron chi connectivity index (χ2n) is 6.93. The number of rotatable bonds is 5. The Labute approximate surface area is 154 Å². The quantitative estimate of drug-likeness (QED) is 0.585. The predicted molar refractivity (Wildman–Crippen MR) is 104 cm³/mol. The number of likely N-dealkylation sites (tertiary alicyclic amines) is 1. The molecule has 1 amide bonds. The number of benzene rings is 1. The number of aryl methyl sites for hydroxylation is 1. The lowest BCUT2D eigenvalue weighted by Crippen LogP contribution is -2.48. The third-order valence-electron chi connectivity index (χ3n) is 4.90. The van der Waals surface area contributed by atoms with Crippen molar-refractivity contribution in [1.29, 1.82) is 0 Å². The first kappa shape index (κ1) is 18.2. The third-order valence-corrected chi connectivity index (χ3v) is 5.88. The van der Waals surface area contributed by atoms with Crippen molar-refractivity contribution < 1.29 is 4.79 Å². The summed E-state index contributed by atoms with van der Waals surface area (Å²) in [6, 6.07) is 8.76. The molecule has 3 rings (SSSR count). The zero-order chi connectivity index (χ0) is 17.8. The van der Waals surface area contributed by atoms with E-state index in [4.69, 9.17) is 4.98 Å². The fourth-order valence-corrected chi connectivity index (χ4v) is 4.56. The molecule has 1 aromatic carbocycles. The van der Waals surface area contributed by atoms with Crippen LogP contribution in [-0.4, -0.2) is 38.6 Å². The molecule has 1 saturated heterocycles. The molecule has 25 heavy (non-hydrogen) atoms. The highest BCUT2D eigenvalue weighted by Crippen LogP contribution is 2.28. The fourth-order valence-electron chi connectivity index (χ4n) is 3.66. The van der Waals surface area contributed by atoms with Gasteiger partial charge in [0.2, 0.25) is 5.91 Å². The largest absolute Gasteiger partial charge is 0.337 e. The van der Waals surface area contributed by atoms with Crippen molar-refractivity contribution in [2.45, 2.75) is 70.0 Å². The number of carbonyl (C=O) groups excluding carboxylic acids is 1. The van der Waals surface area contributed by atoms with Gasteiger partial charge < -0.3 is 4.90 Å². The molecule has 0 unspecified atom stereocenters. The van der Waals surface area contributed by atoms with E-state index in [-0.39, 0.29) is 5.91 Å². The van der Waals surface area contributed by atoms with Crippen LogP contribution in [0.5, 0.6) is 0 Å². The van der Waals surface area contributed by atoms with Crippen LogP contribution in [0.15, 0.2) is 29.3 Å². The van der Waals surface area contributed by atoms with Crippen LogP contribution >= 0.6 is 11.8 Å². The number of amides is 1. The molecular formula is C20H27N3OS. The van der Waals surface area contributed by atoms with Gasteiger partial charge in [0.25, 0.3) is 0 Å². The lowest BCUT2D eigenvalue weighted by Gasteiger charge is -2.39. The standard InChI is InChI=1S/C20H27N3OS/c1-4-8-18-21-17-12-6-5-11-16(17)20(22-18)25-13-19(24)23-14(2)9-7-10-15(23)3/h5-6,11-12,14-15H,4,7-10,13H2,1-3H3/t14-,15+. The minimum absolute atomic E-state index is 0.226. The molecule has 2 heterocycles. The van der Waals surface area contributed by atoms with Crippen LogP contribution in [0.25, 0.3) is 10.9 Å². The smallest absolute Gasteiger partial charge is 0.233 e. The maximum atomic E-state index is 12.8. The second kappa shape index (κ2) is 8.17. The molecule has 0 bridgehead atoms. The van der Waals surface area contributed by atoms with E-state index in [1.54, 1.807) is 11.8 Å². The van der Waals surface area contributed by atoms with Crippen molar-refractivity contribution in [2.75, 3.05) is 5.75 Å². The zero-order valence-corrected chi connectivity index (χ0v) is 16.2. The predicted octanol–water partition coefficient (Wildman–Crippen LogP) is 4.46. The van der Waals surface area contributed by atoms with Gasteiger partial charge in [-0.1, -0.05) is 36.9 Å². The van der Waals surface area contributed by atoms with E-state index in [9.17, 15) is 4.79 Å². The van der Waals surface area contributed by atoms with Crippen LogP contribution in [-0.2, 0) is 11.2 Å². The molecule has 134 valence electrons. The van der Waals surface area contributed by atoms with Gasteiger partial charge in [-0.2, -0.15) is 0 Å². The highest BCUT2D eigenvalue weighted by atomic mass is 32.2. The van der Waals surface area contributed by atoms with Crippen LogP contribution in [0, 0.1) is 0 Å². The normalized spacial score (nSPS) is 20.8. The van der Waals surface area contributed by atoms with Crippen LogP contribution in [0.2, 0.25) is 0 Å². The van der Waals surface area contributed by atoms with E-state index in [1.807, 2.05) is 24.3 Å². The van der Waals surface area contributed by atoms with Crippen LogP contribution in [0.1, 0.15) is 52.3 Å². The summed E-state index contributed by atoms with van der Waals surface area (Å²) in [6.45, 7) is 6.46. The molecule has 0 aliphatic carbocycles. The molecule has 0 radical (unpaired) electrons. The number of para-hydroxylation sites is 1. The van der Waals surface area contributed by atoms with E-state index in [2.05, 4.69) is 30.7 Å². The Bertz CT molecular complexity index is 739. The number of nitrogens with zero attached hydrogens (tertiary/aromatic N) is 3. The molecular weight excluding hydrogens is 330 g/mol. The van der Waals surface area contributed by atoms with E-state index in [1.165, 1.54) is 6.42 Å². The van der Waals surface area contributed by atoms with Gasteiger partial charge >= 0.3 is 0 Å². The molecule has 0 N–H and O–H groups in total. The zero-order valence-electron chi connectivity index (χ0n) is 15.4. The lowest BCUT2D eigenvalue weighted by atomic mass is 9.98. The monoisotopic (exact) mass is 357 g/mol. The number of fused-ring (bicyclic) bond motifs is 1. The molecule has 0 saturated carbocycles. The Morgan fingerprint density at radius 1 is 1.20 bits per heavy atom. The lowest BCUT2D eigenvalue weighted by molar-refractivity contribution is -0.134. The molecule has 1 aliphatic heterocycles. The van der Waals surface area contributed by atoms with Gasteiger partial charge in [-0.05, 0) is 45.6 Å². The topological polar surface area (TPSA) is 46.1 Å². The van der Waals surface area contributed by atoms with Gasteiger partial charge in [-0.15, -0.1) is 0 Å². The van der Waals surface area contributed by atoms with Crippen molar-refractivity contribution in [3.63, 3.8) is 0 Å². The maximum Gasteiger partial charge on any atom is 0.233 e. The summed E-state index contributed by atoms with van der Waals surface area (Å²) in [5, 5.41) is 1.97. The number of hydrogen-bond acceptors (Lipinski definition) is 4. The summed E-state index contributed by atoms with van der Waals surface area (Å²) in [7, 11) is 0. The van der Waals surface area contributed by atoms with Crippen molar-refractivity contribution in [2.24, 2.45) is 0 Å². The Morgan fingerprint density at radius 2 is 1.92 bits per heavy atom. The molecule has 2 atom stereocenters. The van der Waals surface area contributed by atoms with E-state index < -0.39 is 0 Å². The average molecular weight is 358 g/mol. The summed E-state index contributed by atoms with van der Waals surface area (Å²) in [6.07, 6.45) is 5.32. The molecule has 2 aromatic rings. The first-order valence-corrected chi connectivity index (χ1v) is 10.3. The molecule has 0 spiro atoms. The first-order valence-electron chi connectivity index (χ1n) is 9.29. The molecule has 4 nitrogen and oxygen atoms in total. The third kappa shape index (κ3) is 4.14. The Hall–Kier alpha value is -1.62. The minimum Gasteiger partial charge on any atom is -0.337 e. The summed E-state index contributed by atoms with van der Waals surface area (Å²) >= 11 is 1.55. The highest BCUT2D eigenvalue weighted by Gasteiger charge is 2.28.